The van der Waals surface area contributed by atoms with Gasteiger partial charge >= 0.3 is 0 Å². The van der Waals surface area contributed by atoms with Crippen LogP contribution in [-0.2, 0) is 0 Å². The van der Waals surface area contributed by atoms with E-state index in [0.717, 1.165) is 19.6 Å². The van der Waals surface area contributed by atoms with E-state index in [4.69, 9.17) is 0 Å². The summed E-state index contributed by atoms with van der Waals surface area (Å²) in [5.41, 5.74) is 2.81. The Morgan fingerprint density at radius 2 is 2.43 bits per heavy atom. The van der Waals surface area contributed by atoms with Crippen LogP contribution in [0, 0.1) is 0 Å². The Morgan fingerprint density at radius 1 is 1.50 bits per heavy atom. The fourth-order valence-corrected chi connectivity index (χ4v) is 1.92. The molecule has 0 aromatic rings. The van der Waals surface area contributed by atoms with Gasteiger partial charge in [0, 0.05) is 25.3 Å². The van der Waals surface area contributed by atoms with Crippen LogP contribution in [0.3, 0.4) is 0 Å². The minimum Gasteiger partial charge on any atom is -0.381 e. The van der Waals surface area contributed by atoms with Crippen LogP contribution in [0.5, 0.6) is 0 Å². The fraction of sp³-hybridized carbons (Fsp3) is 0.500. The van der Waals surface area contributed by atoms with Crippen molar-refractivity contribution >= 4 is 0 Å². The molecule has 2 heteroatoms. The van der Waals surface area contributed by atoms with Crippen molar-refractivity contribution in [1.29, 1.82) is 0 Å². The summed E-state index contributed by atoms with van der Waals surface area (Å²) < 4.78 is 0. The second-order valence-corrected chi connectivity index (χ2v) is 3.76. The van der Waals surface area contributed by atoms with Gasteiger partial charge in [-0.2, -0.15) is 0 Å². The Balaban J connectivity index is 2.02. The zero-order chi connectivity index (χ0) is 9.80. The smallest absolute Gasteiger partial charge is 0.0372 e. The van der Waals surface area contributed by atoms with E-state index in [2.05, 4.69) is 41.4 Å². The van der Waals surface area contributed by atoms with Crippen molar-refractivity contribution in [3.05, 3.63) is 35.6 Å². The van der Waals surface area contributed by atoms with Gasteiger partial charge in [0.05, 0.1) is 0 Å². The number of hydrogen-bond acceptors (Lipinski definition) is 2. The zero-order valence-corrected chi connectivity index (χ0v) is 8.79. The number of nitrogens with one attached hydrogen (secondary N) is 1. The molecule has 0 amide bonds. The second-order valence-electron chi connectivity index (χ2n) is 3.76. The molecular formula is C12H18N2. The van der Waals surface area contributed by atoms with Gasteiger partial charge in [-0.05, 0) is 24.6 Å². The normalized spacial score (nSPS) is 22.6. The van der Waals surface area contributed by atoms with Crippen molar-refractivity contribution in [2.24, 2.45) is 0 Å². The standard InChI is InChI=1S/C12H18N2/c1-2-14-9-6-11(7-10-14)12-5-3-4-8-13-12/h3-6,13H,2,7-10H2,1H3. The average Bonchev–Trinajstić information content (AvgIpc) is 2.30. The molecule has 76 valence electrons. The molecule has 0 aromatic carbocycles. The lowest BCUT2D eigenvalue weighted by Crippen LogP contribution is -2.30. The molecule has 0 aromatic heterocycles. The van der Waals surface area contributed by atoms with Crippen LogP contribution >= 0.6 is 0 Å². The molecule has 1 N–H and O–H groups in total. The van der Waals surface area contributed by atoms with E-state index >= 15 is 0 Å². The van der Waals surface area contributed by atoms with Gasteiger partial charge in [0.2, 0.25) is 0 Å². The van der Waals surface area contributed by atoms with E-state index in [-0.39, 0.29) is 0 Å². The van der Waals surface area contributed by atoms with Crippen molar-refractivity contribution < 1.29 is 0 Å². The predicted octanol–water partition coefficient (Wildman–Crippen LogP) is 1.68. The molecule has 0 aliphatic carbocycles. The summed E-state index contributed by atoms with van der Waals surface area (Å²) >= 11 is 0. The molecular weight excluding hydrogens is 172 g/mol. The Morgan fingerprint density at radius 3 is 3.00 bits per heavy atom. The Hall–Kier alpha value is -1.02. The highest BCUT2D eigenvalue weighted by molar-refractivity contribution is 5.36. The minimum absolute atomic E-state index is 0.973. The summed E-state index contributed by atoms with van der Waals surface area (Å²) in [5, 5.41) is 3.41. The Labute approximate surface area is 86.0 Å². The van der Waals surface area contributed by atoms with E-state index in [9.17, 15) is 0 Å². The molecule has 2 nitrogen and oxygen atoms in total. The number of dihydropyridines is 1. The molecule has 14 heavy (non-hydrogen) atoms. The molecule has 0 atom stereocenters. The summed E-state index contributed by atoms with van der Waals surface area (Å²) in [7, 11) is 0. The third kappa shape index (κ3) is 2.07. The van der Waals surface area contributed by atoms with E-state index in [1.165, 1.54) is 24.2 Å². The lowest BCUT2D eigenvalue weighted by Gasteiger charge is -2.26. The maximum atomic E-state index is 3.41. The summed E-state index contributed by atoms with van der Waals surface area (Å²) in [5.74, 6) is 0. The van der Waals surface area contributed by atoms with E-state index in [1.54, 1.807) is 0 Å². The molecule has 2 aliphatic heterocycles. The van der Waals surface area contributed by atoms with Gasteiger partial charge < -0.3 is 5.32 Å². The first-order valence-corrected chi connectivity index (χ1v) is 5.42. The van der Waals surface area contributed by atoms with Crippen molar-refractivity contribution in [2.75, 3.05) is 26.2 Å². The first-order chi connectivity index (χ1) is 6.90. The molecule has 2 rings (SSSR count). The van der Waals surface area contributed by atoms with E-state index in [0.29, 0.717) is 0 Å². The predicted molar refractivity (Wildman–Crippen MR) is 60.0 cm³/mol. The molecule has 2 heterocycles. The van der Waals surface area contributed by atoms with Crippen molar-refractivity contribution in [1.82, 2.24) is 10.2 Å². The highest BCUT2D eigenvalue weighted by atomic mass is 15.1. The molecule has 0 saturated heterocycles. The summed E-state index contributed by atoms with van der Waals surface area (Å²) in [6, 6.07) is 0. The summed E-state index contributed by atoms with van der Waals surface area (Å²) in [6.07, 6.45) is 9.99. The monoisotopic (exact) mass is 190 g/mol. The van der Waals surface area contributed by atoms with Crippen LogP contribution in [0.15, 0.2) is 35.6 Å². The molecule has 0 unspecified atom stereocenters. The molecule has 0 saturated carbocycles. The van der Waals surface area contributed by atoms with Gasteiger partial charge in [0.15, 0.2) is 0 Å². The topological polar surface area (TPSA) is 15.3 Å². The van der Waals surface area contributed by atoms with Crippen LogP contribution in [-0.4, -0.2) is 31.1 Å². The third-order valence-electron chi connectivity index (χ3n) is 2.90. The lowest BCUT2D eigenvalue weighted by atomic mass is 10.0. The van der Waals surface area contributed by atoms with Gasteiger partial charge in [-0.25, -0.2) is 0 Å². The average molecular weight is 190 g/mol. The van der Waals surface area contributed by atoms with Crippen LogP contribution in [0.2, 0.25) is 0 Å². The molecule has 2 aliphatic rings. The lowest BCUT2D eigenvalue weighted by molar-refractivity contribution is 0.310. The van der Waals surface area contributed by atoms with Crippen LogP contribution in [0.4, 0.5) is 0 Å². The van der Waals surface area contributed by atoms with E-state index < -0.39 is 0 Å². The number of rotatable bonds is 2. The largest absolute Gasteiger partial charge is 0.381 e. The summed E-state index contributed by atoms with van der Waals surface area (Å²) in [4.78, 5) is 2.46. The molecule has 0 bridgehead atoms. The Kier molecular flexibility index (Phi) is 3.04. The quantitative estimate of drug-likeness (QED) is 0.712. The van der Waals surface area contributed by atoms with Gasteiger partial charge in [-0.1, -0.05) is 25.2 Å². The van der Waals surface area contributed by atoms with Crippen molar-refractivity contribution in [3.63, 3.8) is 0 Å². The maximum Gasteiger partial charge on any atom is 0.0372 e. The number of hydrogen-bond donors (Lipinski definition) is 1. The number of nitrogens with zero attached hydrogens (tertiary/aromatic N) is 1. The molecule has 0 radical (unpaired) electrons. The fourth-order valence-electron chi connectivity index (χ4n) is 1.92. The minimum atomic E-state index is 0.973. The molecule has 0 spiro atoms. The number of likely N-dealkylation sites (N-methyl/N-ethyl adjacent to an activating group) is 1. The van der Waals surface area contributed by atoms with Crippen LogP contribution in [0.25, 0.3) is 0 Å². The zero-order valence-electron chi connectivity index (χ0n) is 8.79. The summed E-state index contributed by atoms with van der Waals surface area (Å²) in [6.45, 7) is 6.66. The first kappa shape index (κ1) is 9.53. The second kappa shape index (κ2) is 4.47. The highest BCUT2D eigenvalue weighted by Crippen LogP contribution is 2.18. The van der Waals surface area contributed by atoms with E-state index in [1.807, 2.05) is 0 Å². The van der Waals surface area contributed by atoms with Crippen molar-refractivity contribution in [2.45, 2.75) is 13.3 Å². The van der Waals surface area contributed by atoms with Gasteiger partial charge in [-0.3, -0.25) is 4.90 Å². The number of allylic oxidation sites excluding steroid dienone is 3. The highest BCUT2D eigenvalue weighted by Gasteiger charge is 2.12. The maximum absolute atomic E-state index is 3.41. The van der Waals surface area contributed by atoms with Crippen LogP contribution in [0.1, 0.15) is 13.3 Å². The van der Waals surface area contributed by atoms with Gasteiger partial charge in [-0.15, -0.1) is 0 Å². The molecule has 0 fully saturated rings. The van der Waals surface area contributed by atoms with Crippen molar-refractivity contribution in [3.8, 4) is 0 Å². The van der Waals surface area contributed by atoms with Gasteiger partial charge in [0.25, 0.3) is 0 Å². The third-order valence-corrected chi connectivity index (χ3v) is 2.90. The Bertz CT molecular complexity index is 287. The van der Waals surface area contributed by atoms with Gasteiger partial charge in [0.1, 0.15) is 0 Å². The first-order valence-electron chi connectivity index (χ1n) is 5.42. The van der Waals surface area contributed by atoms with Crippen LogP contribution < -0.4 is 5.32 Å². The SMILES string of the molecule is CCN1CC=C(C2=CC=CCN2)CC1.